The molecule has 0 aromatic heterocycles. The summed E-state index contributed by atoms with van der Waals surface area (Å²) in [5.41, 5.74) is 0. The van der Waals surface area contributed by atoms with Gasteiger partial charge in [-0.1, -0.05) is 0 Å². The van der Waals surface area contributed by atoms with Crippen LogP contribution in [0.25, 0.3) is 0 Å². The molecule has 0 unspecified atom stereocenters. The molecule has 0 atom stereocenters. The van der Waals surface area contributed by atoms with E-state index in [0.717, 1.165) is 0 Å². The Bertz CT molecular complexity index is 49.5. The SMILES string of the molecule is B=BC#C. The first kappa shape index (κ1) is 3.69. The van der Waals surface area contributed by atoms with Crippen LogP contribution in [0.15, 0.2) is 0 Å². The second-order valence-corrected chi connectivity index (χ2v) is 0.371. The van der Waals surface area contributed by atoms with Gasteiger partial charge in [-0.15, -0.1) is 0 Å². The maximum absolute atomic E-state index is 4.66. The normalized spacial score (nSPS) is 2.50. The summed E-state index contributed by atoms with van der Waals surface area (Å²) in [5.74, 6) is 2.19. The zero-order valence-electron chi connectivity index (χ0n) is 2.36. The standard InChI is InChI=1S/C2H2B2/c1-2-4-3/h1,3H. The quantitative estimate of drug-likeness (QED) is 0.245. The maximum atomic E-state index is 4.66. The number of rotatable bonds is 0. The van der Waals surface area contributed by atoms with Gasteiger partial charge in [0, 0.05) is 0 Å². The van der Waals surface area contributed by atoms with Gasteiger partial charge in [0.05, 0.1) is 0 Å². The van der Waals surface area contributed by atoms with E-state index in [2.05, 4.69) is 19.6 Å². The van der Waals surface area contributed by atoms with E-state index in [1.165, 1.54) is 6.80 Å². The van der Waals surface area contributed by atoms with Crippen LogP contribution in [0.2, 0.25) is 0 Å². The van der Waals surface area contributed by atoms with Gasteiger partial charge in [-0.3, -0.25) is 0 Å². The second kappa shape index (κ2) is 2.69. The Morgan fingerprint density at radius 3 is 2.25 bits per heavy atom. The van der Waals surface area contributed by atoms with Crippen LogP contribution in [0, 0.1) is 12.2 Å². The predicted molar refractivity (Wildman–Crippen MR) is 21.7 cm³/mol. The van der Waals surface area contributed by atoms with Gasteiger partial charge in [-0.25, -0.2) is 0 Å². The van der Waals surface area contributed by atoms with Crippen molar-refractivity contribution in [1.29, 1.82) is 0 Å². The van der Waals surface area contributed by atoms with E-state index in [1.54, 1.807) is 0 Å². The van der Waals surface area contributed by atoms with E-state index in [4.69, 9.17) is 0 Å². The summed E-state index contributed by atoms with van der Waals surface area (Å²) in [6.45, 7) is 1.40. The molecule has 0 fully saturated rings. The molecule has 16 valence electrons. The molecule has 0 radical (unpaired) electrons. The second-order valence-electron chi connectivity index (χ2n) is 0.371. The number of hydrogen-bond donors (Lipinski definition) is 0. The van der Waals surface area contributed by atoms with E-state index in [1.807, 2.05) is 0 Å². The molecule has 0 N–H and O–H groups in total. The molecule has 0 amide bonds. The van der Waals surface area contributed by atoms with Crippen molar-refractivity contribution in [3.8, 4) is 12.2 Å². The summed E-state index contributed by atoms with van der Waals surface area (Å²) in [6.07, 6.45) is 4.66. The van der Waals surface area contributed by atoms with Gasteiger partial charge in [0.1, 0.15) is 0 Å². The van der Waals surface area contributed by atoms with Crippen LogP contribution < -0.4 is 0 Å². The fraction of sp³-hybridized carbons (Fsp3) is 0. The van der Waals surface area contributed by atoms with Crippen LogP contribution in [0.4, 0.5) is 0 Å². The van der Waals surface area contributed by atoms with E-state index < -0.39 is 0 Å². The van der Waals surface area contributed by atoms with Crippen LogP contribution in [0.1, 0.15) is 0 Å². The average molecular weight is 47.7 g/mol. The Hall–Kier alpha value is -0.310. The molecule has 2 heteroatoms. The Balaban J connectivity index is 2.92. The van der Waals surface area contributed by atoms with E-state index in [0.29, 0.717) is 0 Å². The van der Waals surface area contributed by atoms with Crippen molar-refractivity contribution < 1.29 is 0 Å². The van der Waals surface area contributed by atoms with Crippen molar-refractivity contribution in [2.24, 2.45) is 0 Å². The molecule has 0 nitrogen and oxygen atoms in total. The van der Waals surface area contributed by atoms with Crippen molar-refractivity contribution in [1.82, 2.24) is 0 Å². The van der Waals surface area contributed by atoms with Crippen LogP contribution in [0.3, 0.4) is 0 Å². The summed E-state index contributed by atoms with van der Waals surface area (Å²) in [7, 11) is 3.24. The van der Waals surface area contributed by atoms with Crippen LogP contribution in [0.5, 0.6) is 0 Å². The van der Waals surface area contributed by atoms with E-state index in [9.17, 15) is 0 Å². The first-order chi connectivity index (χ1) is 1.91. The molecule has 0 heterocycles. The van der Waals surface area contributed by atoms with E-state index in [-0.39, 0.29) is 0 Å². The third-order valence-electron chi connectivity index (χ3n) is 0.118. The molecule has 0 aliphatic heterocycles. The minimum atomic E-state index is 1.40. The first-order valence-electron chi connectivity index (χ1n) is 0.986. The molecule has 0 saturated heterocycles. The fourth-order valence-corrected chi connectivity index (χ4v) is 0. The van der Waals surface area contributed by atoms with E-state index >= 15 is 0 Å². The summed E-state index contributed by atoms with van der Waals surface area (Å²) in [6, 6.07) is 0. The summed E-state index contributed by atoms with van der Waals surface area (Å²) < 4.78 is 0. The molecule has 0 saturated carbocycles. The Labute approximate surface area is 27.5 Å². The van der Waals surface area contributed by atoms with Gasteiger partial charge in [0.25, 0.3) is 0 Å². The topological polar surface area (TPSA) is 0 Å². The Morgan fingerprint density at radius 1 is 2.00 bits per heavy atom. The average Bonchev–Trinajstić information content (AvgIpc) is 1.37. The fourth-order valence-electron chi connectivity index (χ4n) is 0. The van der Waals surface area contributed by atoms with Gasteiger partial charge in [-0.05, 0) is 0 Å². The van der Waals surface area contributed by atoms with Gasteiger partial charge in [0.15, 0.2) is 0 Å². The number of hydrogen-bond acceptors (Lipinski definition) is 0. The molecule has 0 spiro atoms. The first-order valence-corrected chi connectivity index (χ1v) is 0.986. The zero-order valence-corrected chi connectivity index (χ0v) is 2.36. The predicted octanol–water partition coefficient (Wildman–Crippen LogP) is -0.903. The van der Waals surface area contributed by atoms with Crippen LogP contribution >= 0.6 is 0 Å². The summed E-state index contributed by atoms with van der Waals surface area (Å²) in [4.78, 5) is 0. The molecule has 0 aliphatic carbocycles. The molecular weight excluding hydrogens is 45.6 g/mol. The molecule has 0 aliphatic rings. The summed E-state index contributed by atoms with van der Waals surface area (Å²) >= 11 is 0. The van der Waals surface area contributed by atoms with Crippen molar-refractivity contribution >= 4 is 14.2 Å². The van der Waals surface area contributed by atoms with Crippen molar-refractivity contribution in [3.63, 3.8) is 0 Å². The van der Waals surface area contributed by atoms with Gasteiger partial charge in [-0.2, -0.15) is 0 Å². The molecular formula is C2H2B2. The third-order valence-corrected chi connectivity index (χ3v) is 0.118. The molecule has 0 aromatic rings. The summed E-state index contributed by atoms with van der Waals surface area (Å²) in [5, 5.41) is 0. The molecule has 0 rings (SSSR count). The van der Waals surface area contributed by atoms with Crippen molar-refractivity contribution in [2.75, 3.05) is 0 Å². The Morgan fingerprint density at radius 2 is 2.25 bits per heavy atom. The third kappa shape index (κ3) is 1.69. The molecule has 0 aromatic carbocycles. The van der Waals surface area contributed by atoms with Crippen molar-refractivity contribution in [3.05, 3.63) is 0 Å². The van der Waals surface area contributed by atoms with Crippen LogP contribution in [-0.4, -0.2) is 14.2 Å². The number of terminal acetylenes is 1. The van der Waals surface area contributed by atoms with Crippen LogP contribution in [-0.2, 0) is 0 Å². The minimum absolute atomic E-state index is 1.40. The van der Waals surface area contributed by atoms with Gasteiger partial charge < -0.3 is 0 Å². The van der Waals surface area contributed by atoms with Gasteiger partial charge >= 0.3 is 26.4 Å². The monoisotopic (exact) mass is 48.0 g/mol. The molecule has 0 bridgehead atoms. The van der Waals surface area contributed by atoms with Gasteiger partial charge in [0.2, 0.25) is 0 Å². The Kier molecular flexibility index (Phi) is 2.48. The van der Waals surface area contributed by atoms with Crippen molar-refractivity contribution in [2.45, 2.75) is 0 Å². The zero-order chi connectivity index (χ0) is 3.41. The molecule has 4 heavy (non-hydrogen) atoms.